The van der Waals surface area contributed by atoms with Crippen molar-refractivity contribution >= 4 is 11.9 Å². The first-order valence-electron chi connectivity index (χ1n) is 12.8. The Balaban J connectivity index is 1.33. The van der Waals surface area contributed by atoms with Crippen LogP contribution in [0.15, 0.2) is 42.6 Å². The molecule has 0 saturated carbocycles. The number of amides is 1. The minimum absolute atomic E-state index is 0.0330. The summed E-state index contributed by atoms with van der Waals surface area (Å²) in [5, 5.41) is 9.38. The number of piperidine rings is 1. The number of pyridine rings is 1. The summed E-state index contributed by atoms with van der Waals surface area (Å²) in [6.45, 7) is 6.24. The molecule has 36 heavy (non-hydrogen) atoms. The van der Waals surface area contributed by atoms with Crippen molar-refractivity contribution in [3.63, 3.8) is 0 Å². The van der Waals surface area contributed by atoms with E-state index in [9.17, 15) is 14.7 Å². The number of para-hydroxylation sites is 1. The molecule has 5 rings (SSSR count). The number of carbonyl (C=O) groups is 2. The van der Waals surface area contributed by atoms with Gasteiger partial charge in [-0.05, 0) is 63.1 Å². The molecule has 4 heterocycles. The van der Waals surface area contributed by atoms with Gasteiger partial charge in [0, 0.05) is 37.2 Å². The third-order valence-corrected chi connectivity index (χ3v) is 8.17. The van der Waals surface area contributed by atoms with Gasteiger partial charge in [-0.1, -0.05) is 18.2 Å². The number of ether oxygens (including phenoxy) is 3. The van der Waals surface area contributed by atoms with Crippen LogP contribution in [0, 0.1) is 11.3 Å². The highest BCUT2D eigenvalue weighted by Gasteiger charge is 2.54. The summed E-state index contributed by atoms with van der Waals surface area (Å²) in [4.78, 5) is 30.8. The van der Waals surface area contributed by atoms with E-state index in [2.05, 4.69) is 4.98 Å². The molecule has 0 unspecified atom stereocenters. The van der Waals surface area contributed by atoms with Gasteiger partial charge in [0.2, 0.25) is 5.88 Å². The summed E-state index contributed by atoms with van der Waals surface area (Å²) in [6.07, 6.45) is 4.50. The van der Waals surface area contributed by atoms with Crippen LogP contribution in [0.3, 0.4) is 0 Å². The van der Waals surface area contributed by atoms with Crippen LogP contribution in [0.1, 0.15) is 68.0 Å². The number of fused-ring (bicyclic) bond motifs is 3. The maximum Gasteiger partial charge on any atom is 0.303 e. The Morgan fingerprint density at radius 2 is 1.97 bits per heavy atom. The van der Waals surface area contributed by atoms with E-state index >= 15 is 0 Å². The molecule has 3 aliphatic rings. The summed E-state index contributed by atoms with van der Waals surface area (Å²) in [6, 6.07) is 11.4. The zero-order valence-corrected chi connectivity index (χ0v) is 20.9. The number of aliphatic carboxylic acids is 1. The highest BCUT2D eigenvalue weighted by Crippen LogP contribution is 2.56. The molecular formula is C28H34N2O6. The lowest BCUT2D eigenvalue weighted by atomic mass is 9.63. The maximum absolute atomic E-state index is 13.3. The van der Waals surface area contributed by atoms with Crippen molar-refractivity contribution in [2.45, 2.75) is 57.7 Å². The minimum Gasteiger partial charge on any atom is -0.487 e. The van der Waals surface area contributed by atoms with Gasteiger partial charge in [0.05, 0.1) is 19.3 Å². The second kappa shape index (κ2) is 9.73. The number of carboxylic acids is 1. The summed E-state index contributed by atoms with van der Waals surface area (Å²) in [5.74, 6) is 0.309. The predicted molar refractivity (Wildman–Crippen MR) is 132 cm³/mol. The Bertz CT molecular complexity index is 1130. The molecule has 192 valence electrons. The van der Waals surface area contributed by atoms with Gasteiger partial charge in [-0.15, -0.1) is 0 Å². The highest BCUT2D eigenvalue weighted by atomic mass is 16.5. The van der Waals surface area contributed by atoms with E-state index < -0.39 is 11.6 Å². The molecule has 1 amide bonds. The molecule has 1 spiro atoms. The molecule has 2 aromatic rings. The van der Waals surface area contributed by atoms with Crippen LogP contribution in [0.4, 0.5) is 0 Å². The third kappa shape index (κ3) is 4.54. The Labute approximate surface area is 211 Å². The fourth-order valence-electron chi connectivity index (χ4n) is 6.09. The van der Waals surface area contributed by atoms with Crippen molar-refractivity contribution in [3.05, 3.63) is 53.7 Å². The third-order valence-electron chi connectivity index (χ3n) is 8.17. The van der Waals surface area contributed by atoms with Gasteiger partial charge >= 0.3 is 5.97 Å². The fourth-order valence-corrected chi connectivity index (χ4v) is 6.09. The van der Waals surface area contributed by atoms with E-state index in [1.807, 2.05) is 43.0 Å². The quantitative estimate of drug-likeness (QED) is 0.631. The molecule has 8 heteroatoms. The first-order valence-corrected chi connectivity index (χ1v) is 12.8. The van der Waals surface area contributed by atoms with Crippen molar-refractivity contribution in [2.24, 2.45) is 11.3 Å². The Kier molecular flexibility index (Phi) is 6.64. The van der Waals surface area contributed by atoms with Crippen molar-refractivity contribution < 1.29 is 28.9 Å². The van der Waals surface area contributed by atoms with Crippen LogP contribution in [0.5, 0.6) is 11.6 Å². The Morgan fingerprint density at radius 1 is 1.19 bits per heavy atom. The second-order valence-electron chi connectivity index (χ2n) is 10.5. The van der Waals surface area contributed by atoms with Gasteiger partial charge < -0.3 is 24.2 Å². The van der Waals surface area contributed by atoms with Crippen molar-refractivity contribution in [1.29, 1.82) is 0 Å². The number of likely N-dealkylation sites (tertiary alicyclic amines) is 1. The van der Waals surface area contributed by atoms with Gasteiger partial charge in [0.1, 0.15) is 16.9 Å². The lowest BCUT2D eigenvalue weighted by Gasteiger charge is -2.55. The van der Waals surface area contributed by atoms with E-state index in [-0.39, 0.29) is 29.8 Å². The van der Waals surface area contributed by atoms with E-state index in [0.29, 0.717) is 44.2 Å². The number of nitrogens with zero attached hydrogens (tertiary/aromatic N) is 2. The number of carbonyl (C=O) groups excluding carboxylic acids is 1. The van der Waals surface area contributed by atoms with Gasteiger partial charge in [0.25, 0.3) is 5.91 Å². The van der Waals surface area contributed by atoms with Gasteiger partial charge in [-0.25, -0.2) is 4.98 Å². The van der Waals surface area contributed by atoms with Crippen molar-refractivity contribution in [2.75, 3.05) is 26.3 Å². The molecule has 1 aromatic carbocycles. The van der Waals surface area contributed by atoms with E-state index in [4.69, 9.17) is 14.2 Å². The smallest absolute Gasteiger partial charge is 0.303 e. The lowest BCUT2D eigenvalue weighted by molar-refractivity contribution is -0.180. The zero-order valence-electron chi connectivity index (χ0n) is 20.9. The van der Waals surface area contributed by atoms with Gasteiger partial charge in [0.15, 0.2) is 0 Å². The van der Waals surface area contributed by atoms with Crippen LogP contribution in [-0.2, 0) is 9.53 Å². The SMILES string of the molecule is CCOc1ncccc1C(=O)N1CCC2(CC1)CO[C@H]1c3ccccc3O[C@@](C)(CCC(=O)O)[C@@H]1C2. The predicted octanol–water partition coefficient (Wildman–Crippen LogP) is 4.50. The largest absolute Gasteiger partial charge is 0.487 e. The summed E-state index contributed by atoms with van der Waals surface area (Å²) in [5.41, 5.74) is 0.821. The fraction of sp³-hybridized carbons (Fsp3) is 0.536. The minimum atomic E-state index is -0.824. The van der Waals surface area contributed by atoms with E-state index in [1.165, 1.54) is 0 Å². The number of rotatable bonds is 6. The molecule has 3 aliphatic heterocycles. The molecule has 1 aromatic heterocycles. The van der Waals surface area contributed by atoms with Crippen LogP contribution in [0.25, 0.3) is 0 Å². The van der Waals surface area contributed by atoms with Crippen molar-refractivity contribution in [1.82, 2.24) is 9.88 Å². The summed E-state index contributed by atoms with van der Waals surface area (Å²) < 4.78 is 18.6. The number of benzene rings is 1. The summed E-state index contributed by atoms with van der Waals surface area (Å²) in [7, 11) is 0. The van der Waals surface area contributed by atoms with Gasteiger partial charge in [-0.3, -0.25) is 9.59 Å². The Hall–Kier alpha value is -3.13. The van der Waals surface area contributed by atoms with Crippen LogP contribution < -0.4 is 9.47 Å². The number of hydrogen-bond acceptors (Lipinski definition) is 6. The molecule has 0 aliphatic carbocycles. The topological polar surface area (TPSA) is 98.2 Å². The molecule has 3 atom stereocenters. The van der Waals surface area contributed by atoms with Crippen LogP contribution in [0.2, 0.25) is 0 Å². The average molecular weight is 495 g/mol. The molecule has 0 bridgehead atoms. The monoisotopic (exact) mass is 494 g/mol. The molecule has 2 fully saturated rings. The first-order chi connectivity index (χ1) is 17.3. The molecule has 8 nitrogen and oxygen atoms in total. The number of carboxylic acid groups (broad SMARTS) is 1. The Morgan fingerprint density at radius 3 is 2.72 bits per heavy atom. The summed E-state index contributed by atoms with van der Waals surface area (Å²) >= 11 is 0. The number of aromatic nitrogens is 1. The van der Waals surface area contributed by atoms with Crippen LogP contribution in [-0.4, -0.2) is 58.8 Å². The van der Waals surface area contributed by atoms with Crippen LogP contribution >= 0.6 is 0 Å². The molecule has 1 N–H and O–H groups in total. The second-order valence-corrected chi connectivity index (χ2v) is 10.5. The van der Waals surface area contributed by atoms with E-state index in [1.54, 1.807) is 18.3 Å². The number of hydrogen-bond donors (Lipinski definition) is 1. The molecular weight excluding hydrogens is 460 g/mol. The van der Waals surface area contributed by atoms with Crippen molar-refractivity contribution in [3.8, 4) is 11.6 Å². The maximum atomic E-state index is 13.3. The first kappa shape index (κ1) is 24.6. The zero-order chi connectivity index (χ0) is 25.3. The van der Waals surface area contributed by atoms with E-state index in [0.717, 1.165) is 30.6 Å². The standard InChI is InChI=1S/C28H34N2O6/c1-3-34-25-20(8-6-14-29-25)26(33)30-15-12-28(13-16-30)17-21-24(35-18-28)19-7-4-5-9-22(19)36-27(21,2)11-10-23(31)32/h4-9,14,21,24H,3,10-13,15-18H2,1-2H3,(H,31,32)/t21-,24+,27+/m1/s1. The molecule has 2 saturated heterocycles. The highest BCUT2D eigenvalue weighted by molar-refractivity contribution is 5.96. The van der Waals surface area contributed by atoms with Gasteiger partial charge in [-0.2, -0.15) is 0 Å². The lowest BCUT2D eigenvalue weighted by Crippen LogP contribution is -2.55. The molecule has 0 radical (unpaired) electrons. The average Bonchev–Trinajstić information content (AvgIpc) is 2.88. The normalized spacial score (nSPS) is 26.4.